The fourth-order valence-electron chi connectivity index (χ4n) is 14.5. The Hall–Kier alpha value is -13.7. The molecule has 12 heterocycles. The van der Waals surface area contributed by atoms with Gasteiger partial charge in [0.25, 0.3) is 11.8 Å². The molecule has 738 valence electrons. The van der Waals surface area contributed by atoms with E-state index in [4.69, 9.17) is 67.0 Å². The van der Waals surface area contributed by atoms with E-state index < -0.39 is 12.1 Å². The average molecular weight is 2000 g/mol. The van der Waals surface area contributed by atoms with Crippen LogP contribution in [0.2, 0.25) is 0 Å². The van der Waals surface area contributed by atoms with Crippen LogP contribution in [0.1, 0.15) is 109 Å². The number of carbonyl (C=O) groups is 8. The molecule has 12 aromatic heterocycles. The van der Waals surface area contributed by atoms with Gasteiger partial charge in [-0.2, -0.15) is 0 Å². The molecular formula is C95H104N22O20S4. The zero-order valence-corrected chi connectivity index (χ0v) is 80.2. The molecule has 16 rings (SSSR count). The molecule has 0 saturated carbocycles. The maximum atomic E-state index is 13.0. The number of Topliss-reactive ketones (excluding diaryl/α,β-unsaturated/α-hetero) is 4. The first-order chi connectivity index (χ1) is 68.9. The number of aromatic nitrogens is 16. The molecule has 16 aromatic rings. The molecule has 0 radical (unpaired) electrons. The second kappa shape index (κ2) is 52.5. The maximum absolute atomic E-state index is 13.0. The summed E-state index contributed by atoms with van der Waals surface area (Å²) in [5, 5.41) is 48.1. The molecule has 0 saturated heterocycles. The monoisotopic (exact) mass is 2000 g/mol. The Kier molecular flexibility index (Phi) is 37.9. The minimum Gasteiger partial charge on any atom is -0.462 e. The number of carbonyl (C=O) groups excluding carboxylic acids is 8. The van der Waals surface area contributed by atoms with Gasteiger partial charge in [-0.1, -0.05) is 45.3 Å². The first kappa shape index (κ1) is 102. The summed E-state index contributed by atoms with van der Waals surface area (Å²) < 4.78 is 74.8. The van der Waals surface area contributed by atoms with Gasteiger partial charge < -0.3 is 95.9 Å². The molecular weight excluding hydrogens is 1900 g/mol. The highest BCUT2D eigenvalue weighted by Crippen LogP contribution is 2.32. The van der Waals surface area contributed by atoms with Gasteiger partial charge in [0.15, 0.2) is 54.6 Å². The molecule has 42 nitrogen and oxygen atoms in total. The molecule has 2 atom stereocenters. The van der Waals surface area contributed by atoms with Crippen molar-refractivity contribution in [1.82, 2.24) is 89.6 Å². The van der Waals surface area contributed by atoms with Crippen molar-refractivity contribution in [3.05, 3.63) is 203 Å². The number of hydrogen-bond acceptors (Lipinski definition) is 38. The number of anilines is 2. The van der Waals surface area contributed by atoms with E-state index in [1.54, 1.807) is 141 Å². The van der Waals surface area contributed by atoms with E-state index in [2.05, 4.69) is 86.6 Å². The fraction of sp³-hybridized carbons (Fsp3) is 0.368. The summed E-state index contributed by atoms with van der Waals surface area (Å²) in [5.74, 6) is 1.81. The number of fused-ring (bicyclic) bond motifs is 4. The van der Waals surface area contributed by atoms with Crippen molar-refractivity contribution in [2.75, 3.05) is 129 Å². The van der Waals surface area contributed by atoms with E-state index in [0.717, 1.165) is 33.4 Å². The van der Waals surface area contributed by atoms with Crippen molar-refractivity contribution < 1.29 is 93.9 Å². The molecule has 4 amide bonds. The molecule has 0 aliphatic carbocycles. The van der Waals surface area contributed by atoms with Gasteiger partial charge in [-0.15, -0.1) is 40.8 Å². The topological polar surface area (TPSA) is 538 Å². The highest BCUT2D eigenvalue weighted by atomic mass is 32.1. The zero-order chi connectivity index (χ0) is 97.9. The number of furan rings is 4. The van der Waals surface area contributed by atoms with Gasteiger partial charge in [0.1, 0.15) is 27.4 Å². The van der Waals surface area contributed by atoms with Crippen molar-refractivity contribution in [3.8, 4) is 43.1 Å². The molecule has 0 unspecified atom stereocenters. The fourth-order valence-corrected chi connectivity index (χ4v) is 17.5. The van der Waals surface area contributed by atoms with E-state index in [9.17, 15) is 38.4 Å². The molecule has 0 fully saturated rings. The van der Waals surface area contributed by atoms with E-state index >= 15 is 0 Å². The lowest BCUT2D eigenvalue weighted by Crippen LogP contribution is -2.42. The maximum Gasteiger partial charge on any atom is 0.257 e. The number of nitrogens with two attached hydrogens (primary N) is 2. The van der Waals surface area contributed by atoms with Crippen molar-refractivity contribution in [2.45, 2.75) is 109 Å². The van der Waals surface area contributed by atoms with E-state index in [0.29, 0.717) is 247 Å². The van der Waals surface area contributed by atoms with Gasteiger partial charge in [-0.05, 0) is 154 Å². The predicted molar refractivity (Wildman–Crippen MR) is 522 cm³/mol. The van der Waals surface area contributed by atoms with Gasteiger partial charge in [-0.25, -0.2) is 19.9 Å². The van der Waals surface area contributed by atoms with E-state index in [1.807, 2.05) is 44.9 Å². The number of aryl methyl sites for hydroxylation is 1. The highest BCUT2D eigenvalue weighted by molar-refractivity contribution is 7.19. The second-order valence-corrected chi connectivity index (χ2v) is 35.9. The quantitative estimate of drug-likeness (QED) is 0.0152. The summed E-state index contributed by atoms with van der Waals surface area (Å²) in [5.41, 5.74) is 20.4. The average Bonchev–Trinajstić information content (AvgIpc) is 1.65. The summed E-state index contributed by atoms with van der Waals surface area (Å²) in [6.45, 7) is 10.9. The molecule has 0 spiro atoms. The number of hydrogen-bond donors (Lipinski definition) is 6. The summed E-state index contributed by atoms with van der Waals surface area (Å²) in [6.07, 6.45) is 14.4. The number of ketones is 4. The number of amides is 4. The summed E-state index contributed by atoms with van der Waals surface area (Å²) >= 11 is 5.09. The SMILES string of the molecule is Cc1nc2cc(C(=O)Cc3nnc(-c4ccco4)s3)ccc2n1CCOCCOCCCC(=O)CC[C@H](N)C(=O)NCCOCCOCCn1cnc2cc(C(=O)Nc3nnc(-c4ccco4)s3)ccc21.N[C@@H](CCC(=O)CCCOCCOCCn1cnc2cc(C(=O)Cc3nnc(-c4ccco4)s3)ccc21)C(=O)NCCOCCOCCn1cnc2cc(C(=O)Nc3nnc(-c4ccco4)s3)ccc21. The minimum atomic E-state index is -0.798. The Labute approximate surface area is 821 Å². The predicted octanol–water partition coefficient (Wildman–Crippen LogP) is 11.6. The first-order valence-electron chi connectivity index (χ1n) is 45.7. The van der Waals surface area contributed by atoms with Crippen LogP contribution in [0, 0.1) is 6.92 Å². The third-order valence-corrected chi connectivity index (χ3v) is 25.4. The Morgan fingerprint density at radius 3 is 1.10 bits per heavy atom. The first-order valence-corrected chi connectivity index (χ1v) is 48.9. The number of benzene rings is 4. The Morgan fingerprint density at radius 1 is 0.369 bits per heavy atom. The van der Waals surface area contributed by atoms with Crippen LogP contribution in [0.4, 0.5) is 10.3 Å². The van der Waals surface area contributed by atoms with Gasteiger partial charge in [0.05, 0.1) is 206 Å². The largest absolute Gasteiger partial charge is 0.462 e. The van der Waals surface area contributed by atoms with Crippen LogP contribution >= 0.6 is 45.3 Å². The number of imidazole rings is 4. The van der Waals surface area contributed by atoms with Crippen LogP contribution < -0.4 is 32.7 Å². The van der Waals surface area contributed by atoms with Gasteiger partial charge >= 0.3 is 0 Å². The van der Waals surface area contributed by atoms with Gasteiger partial charge in [0.2, 0.25) is 22.1 Å². The number of nitrogens with one attached hydrogen (secondary N) is 4. The van der Waals surface area contributed by atoms with Crippen molar-refractivity contribution in [3.63, 3.8) is 0 Å². The third-order valence-electron chi connectivity index (χ3n) is 21.8. The van der Waals surface area contributed by atoms with Gasteiger partial charge in [-0.3, -0.25) is 49.0 Å². The Bertz CT molecular complexity index is 6740. The smallest absolute Gasteiger partial charge is 0.257 e. The summed E-state index contributed by atoms with van der Waals surface area (Å²) in [7, 11) is 0. The van der Waals surface area contributed by atoms with E-state index in [-0.39, 0.29) is 112 Å². The van der Waals surface area contributed by atoms with Crippen molar-refractivity contribution >= 4 is 147 Å². The number of rotatable bonds is 60. The van der Waals surface area contributed by atoms with Crippen LogP contribution in [0.25, 0.3) is 87.2 Å². The normalized spacial score (nSPS) is 12.0. The van der Waals surface area contributed by atoms with E-state index in [1.165, 1.54) is 45.3 Å². The molecule has 0 bridgehead atoms. The molecule has 4 aromatic carbocycles. The lowest BCUT2D eigenvalue weighted by Gasteiger charge is -2.12. The molecule has 8 N–H and O–H groups in total. The van der Waals surface area contributed by atoms with Crippen LogP contribution in [-0.4, -0.2) is 257 Å². The standard InChI is InChI=1S/C48H53N11O10S2.C47H51N11O10S2/c1-31-52-37-27-32(40(61)29-43-54-55-46(70-43)41-6-3-18-68-41)8-13-39(37)59(31)16-22-67-25-23-64-17-2-5-34(60)10-11-35(49)45(63)50-14-20-65-24-26-66-21-15-58-30-51-36-28-33(9-12-38(36)58)44(62)53-48-57-56-47(71-48)42-7-4-19-69-42;48-34(44(62)49-13-19-64-23-25-66-21-15-58-30-51-36-27-32(8-12-38(36)58)43(61)52-47-56-55-46(70-47)41-6-3-18-68-41)10-9-33(59)4-1-16-63-22-24-65-20-14-57-29-50-35-26-31(7-11-37(35)57)39(60)28-42-53-54-45(69-42)40-5-2-17-67-40/h3-4,6-9,12-13,18-19,27-28,30,35H,2,5,10-11,14-17,20-26,29,49H2,1H3,(H,50,63)(H,53,57,62);2-3,5-8,11-12,17-18,26-27,29-30,34H,1,4,9-10,13-16,19-25,28,48H2,(H,49,62)(H,52,56,61)/t35-;34-/m00/s1. The number of nitrogens with zero attached hydrogens (tertiary/aromatic N) is 16. The van der Waals surface area contributed by atoms with Crippen LogP contribution in [-0.2, 0) is 96.1 Å². The van der Waals surface area contributed by atoms with Crippen LogP contribution in [0.5, 0.6) is 0 Å². The Morgan fingerprint density at radius 2 is 0.709 bits per heavy atom. The lowest BCUT2D eigenvalue weighted by molar-refractivity contribution is -0.124. The molecule has 0 aliphatic rings. The second-order valence-electron chi connectivity index (χ2n) is 31.8. The Balaban J connectivity index is 0.000000213. The summed E-state index contributed by atoms with van der Waals surface area (Å²) in [6, 6.07) is 34.2. The van der Waals surface area contributed by atoms with Crippen LogP contribution in [0.15, 0.2) is 183 Å². The van der Waals surface area contributed by atoms with Crippen molar-refractivity contribution in [1.29, 1.82) is 0 Å². The van der Waals surface area contributed by atoms with Gasteiger partial charge in [0, 0.05) is 100 Å². The lowest BCUT2D eigenvalue weighted by atomic mass is 10.1. The molecule has 0 aliphatic heterocycles. The molecule has 46 heteroatoms. The molecule has 141 heavy (non-hydrogen) atoms. The highest BCUT2D eigenvalue weighted by Gasteiger charge is 2.24. The van der Waals surface area contributed by atoms with Crippen LogP contribution in [0.3, 0.4) is 0 Å². The third kappa shape index (κ3) is 29.9. The zero-order valence-electron chi connectivity index (χ0n) is 77.0. The summed E-state index contributed by atoms with van der Waals surface area (Å²) in [4.78, 5) is 119. The minimum absolute atomic E-state index is 0.0223. The van der Waals surface area contributed by atoms with Crippen molar-refractivity contribution in [2.24, 2.45) is 11.5 Å². The number of ether oxygens (including phenoxy) is 8.